The maximum absolute atomic E-state index is 14.8. The molecule has 1 aromatic heterocycles. The third kappa shape index (κ3) is 3.40. The summed E-state index contributed by atoms with van der Waals surface area (Å²) < 4.78 is 35.5. The first-order valence-electron chi connectivity index (χ1n) is 8.47. The van der Waals surface area contributed by atoms with E-state index in [0.717, 1.165) is 27.2 Å². The third-order valence-corrected chi connectivity index (χ3v) is 5.20. The molecule has 3 aromatic rings. The summed E-state index contributed by atoms with van der Waals surface area (Å²) in [6.07, 6.45) is -1.30. The van der Waals surface area contributed by atoms with E-state index in [1.807, 2.05) is 0 Å². The zero-order valence-corrected chi connectivity index (χ0v) is 15.6. The molecule has 6 nitrogen and oxygen atoms in total. The van der Waals surface area contributed by atoms with Gasteiger partial charge >= 0.3 is 6.09 Å². The van der Waals surface area contributed by atoms with Crippen molar-refractivity contribution in [2.75, 3.05) is 18.0 Å². The lowest BCUT2D eigenvalue weighted by Gasteiger charge is -2.15. The minimum atomic E-state index is -0.781. The highest BCUT2D eigenvalue weighted by atomic mass is 32.1. The maximum atomic E-state index is 14.8. The molecule has 1 atom stereocenters. The van der Waals surface area contributed by atoms with E-state index in [9.17, 15) is 18.4 Å². The van der Waals surface area contributed by atoms with Crippen LogP contribution in [0.15, 0.2) is 35.8 Å². The zero-order chi connectivity index (χ0) is 19.8. The summed E-state index contributed by atoms with van der Waals surface area (Å²) in [6.45, 7) is 1.57. The number of ether oxygens (including phenoxy) is 1. The molecule has 9 heteroatoms. The molecule has 1 aliphatic rings. The van der Waals surface area contributed by atoms with Crippen LogP contribution in [0.3, 0.4) is 0 Å². The minimum absolute atomic E-state index is 0.0629. The largest absolute Gasteiger partial charge is 0.442 e. The zero-order valence-electron chi connectivity index (χ0n) is 14.7. The van der Waals surface area contributed by atoms with Gasteiger partial charge < -0.3 is 10.1 Å². The highest BCUT2D eigenvalue weighted by Gasteiger charge is 2.33. The average molecular weight is 403 g/mol. The second-order valence-electron chi connectivity index (χ2n) is 6.37. The van der Waals surface area contributed by atoms with Crippen LogP contribution in [0.4, 0.5) is 19.3 Å². The van der Waals surface area contributed by atoms with Crippen molar-refractivity contribution in [2.45, 2.75) is 13.0 Å². The van der Waals surface area contributed by atoms with Gasteiger partial charge in [-0.3, -0.25) is 9.69 Å². The van der Waals surface area contributed by atoms with E-state index in [0.29, 0.717) is 5.56 Å². The lowest BCUT2D eigenvalue weighted by Crippen LogP contribution is -2.33. The number of hydrogen-bond acceptors (Lipinski definition) is 5. The lowest BCUT2D eigenvalue weighted by atomic mass is 10.0. The standard InChI is InChI=1S/C19H15F2N3O3S/c1-10(25)22-7-13-8-24(19(26)27-13)12-5-14(20)18(15(21)6-12)11-2-3-16-17(4-11)28-9-23-16/h2-6,9,13H,7-8H2,1H3,(H,22,25). The molecule has 0 spiro atoms. The molecule has 0 bridgehead atoms. The molecule has 1 saturated heterocycles. The summed E-state index contributed by atoms with van der Waals surface area (Å²) in [5, 5.41) is 2.55. The number of cyclic esters (lactones) is 1. The molecule has 144 valence electrons. The molecule has 0 radical (unpaired) electrons. The van der Waals surface area contributed by atoms with Crippen LogP contribution in [0, 0.1) is 11.6 Å². The third-order valence-electron chi connectivity index (χ3n) is 4.41. The molecular weight excluding hydrogens is 388 g/mol. The number of carbonyl (C=O) groups is 2. The molecule has 2 heterocycles. The fraction of sp³-hybridized carbons (Fsp3) is 0.211. The number of rotatable bonds is 4. The van der Waals surface area contributed by atoms with Crippen LogP contribution in [0.25, 0.3) is 21.3 Å². The van der Waals surface area contributed by atoms with Crippen LogP contribution < -0.4 is 10.2 Å². The van der Waals surface area contributed by atoms with Gasteiger partial charge in [-0.2, -0.15) is 0 Å². The Morgan fingerprint density at radius 1 is 1.32 bits per heavy atom. The van der Waals surface area contributed by atoms with Crippen LogP contribution in [0.1, 0.15) is 6.92 Å². The fourth-order valence-electron chi connectivity index (χ4n) is 3.10. The van der Waals surface area contributed by atoms with Crippen LogP contribution >= 0.6 is 11.3 Å². The maximum Gasteiger partial charge on any atom is 0.414 e. The van der Waals surface area contributed by atoms with E-state index in [-0.39, 0.29) is 30.2 Å². The molecule has 2 aromatic carbocycles. The molecule has 0 aliphatic carbocycles. The van der Waals surface area contributed by atoms with Crippen molar-refractivity contribution in [1.82, 2.24) is 10.3 Å². The van der Waals surface area contributed by atoms with Gasteiger partial charge in [0.25, 0.3) is 0 Å². The van der Waals surface area contributed by atoms with Gasteiger partial charge in [-0.25, -0.2) is 18.6 Å². The van der Waals surface area contributed by atoms with Crippen molar-refractivity contribution in [2.24, 2.45) is 0 Å². The number of halogens is 2. The van der Waals surface area contributed by atoms with Crippen LogP contribution in [-0.4, -0.2) is 36.2 Å². The Morgan fingerprint density at radius 3 is 2.79 bits per heavy atom. The van der Waals surface area contributed by atoms with Crippen molar-refractivity contribution in [3.05, 3.63) is 47.5 Å². The number of benzene rings is 2. The number of fused-ring (bicyclic) bond motifs is 1. The molecule has 1 fully saturated rings. The van der Waals surface area contributed by atoms with Crippen molar-refractivity contribution in [1.29, 1.82) is 0 Å². The Morgan fingerprint density at radius 2 is 2.07 bits per heavy atom. The number of hydrogen-bond donors (Lipinski definition) is 1. The Hall–Kier alpha value is -3.07. The number of thiazole rings is 1. The van der Waals surface area contributed by atoms with E-state index >= 15 is 0 Å². The summed E-state index contributed by atoms with van der Waals surface area (Å²) in [5.41, 5.74) is 2.72. The van der Waals surface area contributed by atoms with Crippen LogP contribution in [-0.2, 0) is 9.53 Å². The van der Waals surface area contributed by atoms with Gasteiger partial charge in [-0.05, 0) is 29.8 Å². The molecule has 4 rings (SSSR count). The Balaban J connectivity index is 1.62. The van der Waals surface area contributed by atoms with Gasteiger partial charge in [0, 0.05) is 6.92 Å². The highest BCUT2D eigenvalue weighted by molar-refractivity contribution is 7.16. The first kappa shape index (κ1) is 18.3. The first-order valence-corrected chi connectivity index (χ1v) is 9.35. The number of carbonyl (C=O) groups excluding carboxylic acids is 2. The molecule has 2 amide bonds. The molecule has 28 heavy (non-hydrogen) atoms. The van der Waals surface area contributed by atoms with Crippen LogP contribution in [0.5, 0.6) is 0 Å². The van der Waals surface area contributed by atoms with E-state index in [2.05, 4.69) is 10.3 Å². The fourth-order valence-corrected chi connectivity index (χ4v) is 3.81. The Labute approximate surface area is 162 Å². The van der Waals surface area contributed by atoms with E-state index in [4.69, 9.17) is 4.74 Å². The number of nitrogens with one attached hydrogen (secondary N) is 1. The molecule has 1 unspecified atom stereocenters. The second kappa shape index (κ2) is 7.16. The molecule has 1 N–H and O–H groups in total. The van der Waals surface area contributed by atoms with E-state index in [1.54, 1.807) is 23.7 Å². The van der Waals surface area contributed by atoms with Crippen molar-refractivity contribution >= 4 is 39.2 Å². The predicted molar refractivity (Wildman–Crippen MR) is 101 cm³/mol. The second-order valence-corrected chi connectivity index (χ2v) is 7.26. The number of amides is 2. The number of nitrogens with zero attached hydrogens (tertiary/aromatic N) is 2. The van der Waals surface area contributed by atoms with Gasteiger partial charge in [0.2, 0.25) is 5.91 Å². The Bertz CT molecular complexity index is 1060. The average Bonchev–Trinajstić information content (AvgIpc) is 3.25. The topological polar surface area (TPSA) is 71.5 Å². The Kier molecular flexibility index (Phi) is 4.68. The summed E-state index contributed by atoms with van der Waals surface area (Å²) >= 11 is 1.38. The van der Waals surface area contributed by atoms with E-state index in [1.165, 1.54) is 18.3 Å². The quantitative estimate of drug-likeness (QED) is 0.721. The van der Waals surface area contributed by atoms with Gasteiger partial charge in [0.15, 0.2) is 0 Å². The summed E-state index contributed by atoms with van der Waals surface area (Å²) in [7, 11) is 0. The smallest absolute Gasteiger partial charge is 0.414 e. The molecule has 0 saturated carbocycles. The van der Waals surface area contributed by atoms with Gasteiger partial charge in [-0.1, -0.05) is 6.07 Å². The SMILES string of the molecule is CC(=O)NCC1CN(c2cc(F)c(-c3ccc4ncsc4c3)c(F)c2)C(=O)O1. The minimum Gasteiger partial charge on any atom is -0.442 e. The van der Waals surface area contributed by atoms with Crippen LogP contribution in [0.2, 0.25) is 0 Å². The predicted octanol–water partition coefficient (Wildman–Crippen LogP) is 3.70. The van der Waals surface area contributed by atoms with E-state index < -0.39 is 23.8 Å². The van der Waals surface area contributed by atoms with Gasteiger partial charge in [0.1, 0.15) is 17.7 Å². The highest BCUT2D eigenvalue weighted by Crippen LogP contribution is 2.33. The molecule has 1 aliphatic heterocycles. The summed E-state index contributed by atoms with van der Waals surface area (Å²) in [5.74, 6) is -1.82. The summed E-state index contributed by atoms with van der Waals surface area (Å²) in [6, 6.07) is 7.21. The van der Waals surface area contributed by atoms with Gasteiger partial charge in [0.05, 0.1) is 40.1 Å². The lowest BCUT2D eigenvalue weighted by molar-refractivity contribution is -0.119. The molecular formula is C19H15F2N3O3S. The normalized spacial score (nSPS) is 16.5. The van der Waals surface area contributed by atoms with Crippen molar-refractivity contribution in [3.63, 3.8) is 0 Å². The van der Waals surface area contributed by atoms with Crippen molar-refractivity contribution in [3.8, 4) is 11.1 Å². The first-order chi connectivity index (χ1) is 13.4. The number of anilines is 1. The van der Waals surface area contributed by atoms with Gasteiger partial charge in [-0.15, -0.1) is 11.3 Å². The van der Waals surface area contributed by atoms with Crippen molar-refractivity contribution < 1.29 is 23.1 Å². The summed E-state index contributed by atoms with van der Waals surface area (Å²) in [4.78, 5) is 28.4. The monoisotopic (exact) mass is 403 g/mol. The number of aromatic nitrogens is 1.